The molecule has 0 spiro atoms. The van der Waals surface area contributed by atoms with Crippen molar-refractivity contribution in [3.63, 3.8) is 0 Å². The predicted octanol–water partition coefficient (Wildman–Crippen LogP) is 3.09. The summed E-state index contributed by atoms with van der Waals surface area (Å²) in [6.07, 6.45) is 0.750. The molecule has 1 aromatic carbocycles. The lowest BCUT2D eigenvalue weighted by Crippen LogP contribution is -2.28. The maximum atomic E-state index is 11.8. The maximum absolute atomic E-state index is 11.8. The number of carbonyl (C=O) groups excluding carboxylic acids is 2. The van der Waals surface area contributed by atoms with Crippen molar-refractivity contribution in [2.24, 2.45) is 5.41 Å². The van der Waals surface area contributed by atoms with E-state index in [1.165, 1.54) is 0 Å². The van der Waals surface area contributed by atoms with Crippen LogP contribution in [-0.4, -0.2) is 12.2 Å². The third-order valence-corrected chi connectivity index (χ3v) is 2.74. The van der Waals surface area contributed by atoms with Crippen LogP contribution in [0.2, 0.25) is 0 Å². The zero-order chi connectivity index (χ0) is 12.3. The zero-order valence-corrected chi connectivity index (χ0v) is 11.7. The average molecular weight is 331 g/mol. The smallest absolute Gasteiger partial charge is 0.229 e. The van der Waals surface area contributed by atoms with Crippen LogP contribution in [0.4, 0.5) is 5.69 Å². The van der Waals surface area contributed by atoms with Gasteiger partial charge in [0, 0.05) is 14.5 Å². The average Bonchev–Trinajstić information content (AvgIpc) is 2.19. The molecule has 0 aliphatic carbocycles. The zero-order valence-electron chi connectivity index (χ0n) is 9.50. The minimum Gasteiger partial charge on any atom is -0.325 e. The SMILES string of the molecule is CC(C)(C)C(=O)Nc1ccc(I)cc1C=O. The Labute approximate surface area is 109 Å². The molecule has 16 heavy (non-hydrogen) atoms. The third-order valence-electron chi connectivity index (χ3n) is 2.07. The monoisotopic (exact) mass is 331 g/mol. The van der Waals surface area contributed by atoms with Crippen molar-refractivity contribution >= 4 is 40.5 Å². The molecule has 3 nitrogen and oxygen atoms in total. The highest BCUT2D eigenvalue weighted by Crippen LogP contribution is 2.21. The summed E-state index contributed by atoms with van der Waals surface area (Å²) >= 11 is 2.12. The summed E-state index contributed by atoms with van der Waals surface area (Å²) in [5.74, 6) is -0.100. The topological polar surface area (TPSA) is 46.2 Å². The first-order valence-corrected chi connectivity index (χ1v) is 5.98. The highest BCUT2D eigenvalue weighted by atomic mass is 127. The van der Waals surface area contributed by atoms with Crippen LogP contribution in [0.1, 0.15) is 31.1 Å². The van der Waals surface area contributed by atoms with E-state index in [1.807, 2.05) is 26.8 Å². The van der Waals surface area contributed by atoms with E-state index in [4.69, 9.17) is 0 Å². The molecule has 0 saturated heterocycles. The van der Waals surface area contributed by atoms with Gasteiger partial charge in [-0.25, -0.2) is 0 Å². The van der Waals surface area contributed by atoms with Gasteiger partial charge in [0.2, 0.25) is 5.91 Å². The minimum atomic E-state index is -0.469. The summed E-state index contributed by atoms with van der Waals surface area (Å²) in [7, 11) is 0. The van der Waals surface area contributed by atoms with Gasteiger partial charge in [-0.3, -0.25) is 9.59 Å². The molecule has 1 N–H and O–H groups in total. The Morgan fingerprint density at radius 1 is 1.38 bits per heavy atom. The molecule has 0 fully saturated rings. The van der Waals surface area contributed by atoms with Crippen LogP contribution in [0.15, 0.2) is 18.2 Å². The standard InChI is InChI=1S/C12H14INO2/c1-12(2,3)11(16)14-10-5-4-9(13)6-8(10)7-15/h4-7H,1-3H3,(H,14,16). The molecule has 1 rings (SSSR count). The van der Waals surface area contributed by atoms with E-state index in [1.54, 1.807) is 12.1 Å². The molecule has 86 valence electrons. The number of hydrogen-bond donors (Lipinski definition) is 1. The number of benzene rings is 1. The van der Waals surface area contributed by atoms with Crippen LogP contribution in [-0.2, 0) is 4.79 Å². The Morgan fingerprint density at radius 3 is 2.50 bits per heavy atom. The van der Waals surface area contributed by atoms with Crippen molar-refractivity contribution in [2.75, 3.05) is 5.32 Å². The van der Waals surface area contributed by atoms with Crippen molar-refractivity contribution in [1.82, 2.24) is 0 Å². The van der Waals surface area contributed by atoms with Crippen molar-refractivity contribution in [2.45, 2.75) is 20.8 Å². The Morgan fingerprint density at radius 2 is 2.00 bits per heavy atom. The number of anilines is 1. The first kappa shape index (κ1) is 13.2. The van der Waals surface area contributed by atoms with Gasteiger partial charge in [-0.15, -0.1) is 0 Å². The number of nitrogens with one attached hydrogen (secondary N) is 1. The Balaban J connectivity index is 2.98. The van der Waals surface area contributed by atoms with E-state index in [0.29, 0.717) is 11.3 Å². The largest absolute Gasteiger partial charge is 0.325 e. The summed E-state index contributed by atoms with van der Waals surface area (Å²) in [6, 6.07) is 5.34. The summed E-state index contributed by atoms with van der Waals surface area (Å²) in [4.78, 5) is 22.6. The molecule has 0 heterocycles. The molecule has 0 aliphatic heterocycles. The lowest BCUT2D eigenvalue weighted by molar-refractivity contribution is -0.123. The molecule has 0 atom stereocenters. The van der Waals surface area contributed by atoms with E-state index >= 15 is 0 Å². The van der Waals surface area contributed by atoms with Crippen LogP contribution in [0, 0.1) is 8.99 Å². The molecular formula is C12H14INO2. The second-order valence-corrected chi connectivity index (χ2v) is 5.80. The van der Waals surface area contributed by atoms with Gasteiger partial charge in [-0.05, 0) is 40.8 Å². The first-order chi connectivity index (χ1) is 7.34. The fraction of sp³-hybridized carbons (Fsp3) is 0.333. The lowest BCUT2D eigenvalue weighted by Gasteiger charge is -2.18. The molecule has 4 heteroatoms. The normalized spacial score (nSPS) is 11.0. The van der Waals surface area contributed by atoms with Gasteiger partial charge in [0.1, 0.15) is 0 Å². The van der Waals surface area contributed by atoms with Crippen molar-refractivity contribution in [3.8, 4) is 0 Å². The number of amides is 1. The predicted molar refractivity (Wildman–Crippen MR) is 72.6 cm³/mol. The molecule has 0 radical (unpaired) electrons. The lowest BCUT2D eigenvalue weighted by atomic mass is 9.95. The van der Waals surface area contributed by atoms with Crippen molar-refractivity contribution in [3.05, 3.63) is 27.3 Å². The molecule has 1 amide bonds. The Kier molecular flexibility index (Phi) is 4.07. The van der Waals surface area contributed by atoms with E-state index in [2.05, 4.69) is 27.9 Å². The number of halogens is 1. The molecule has 0 aliphatic rings. The fourth-order valence-corrected chi connectivity index (χ4v) is 1.57. The van der Waals surface area contributed by atoms with Gasteiger partial charge in [0.05, 0.1) is 5.69 Å². The van der Waals surface area contributed by atoms with Gasteiger partial charge in [0.15, 0.2) is 6.29 Å². The fourth-order valence-electron chi connectivity index (χ4n) is 1.05. The van der Waals surface area contributed by atoms with Crippen LogP contribution in [0.5, 0.6) is 0 Å². The highest BCUT2D eigenvalue weighted by Gasteiger charge is 2.21. The molecular weight excluding hydrogens is 317 g/mol. The summed E-state index contributed by atoms with van der Waals surface area (Å²) in [6.45, 7) is 5.49. The number of rotatable bonds is 2. The number of aldehydes is 1. The number of carbonyl (C=O) groups is 2. The third kappa shape index (κ3) is 3.30. The van der Waals surface area contributed by atoms with Gasteiger partial charge in [0.25, 0.3) is 0 Å². The van der Waals surface area contributed by atoms with Crippen molar-refractivity contribution < 1.29 is 9.59 Å². The molecule has 1 aromatic rings. The van der Waals surface area contributed by atoms with E-state index in [-0.39, 0.29) is 5.91 Å². The van der Waals surface area contributed by atoms with E-state index in [9.17, 15) is 9.59 Å². The number of hydrogen-bond acceptors (Lipinski definition) is 2. The van der Waals surface area contributed by atoms with Gasteiger partial charge < -0.3 is 5.32 Å². The molecule has 0 bridgehead atoms. The van der Waals surface area contributed by atoms with Crippen LogP contribution >= 0.6 is 22.6 Å². The van der Waals surface area contributed by atoms with E-state index < -0.39 is 5.41 Å². The van der Waals surface area contributed by atoms with E-state index in [0.717, 1.165) is 9.86 Å². The summed E-state index contributed by atoms with van der Waals surface area (Å²) in [5, 5.41) is 2.76. The van der Waals surface area contributed by atoms with Gasteiger partial charge in [-0.1, -0.05) is 20.8 Å². The van der Waals surface area contributed by atoms with Crippen LogP contribution in [0.25, 0.3) is 0 Å². The second-order valence-electron chi connectivity index (χ2n) is 4.55. The Bertz CT molecular complexity index is 422. The maximum Gasteiger partial charge on any atom is 0.229 e. The minimum absolute atomic E-state index is 0.100. The summed E-state index contributed by atoms with van der Waals surface area (Å²) < 4.78 is 0.966. The molecule has 0 saturated carbocycles. The quantitative estimate of drug-likeness (QED) is 0.669. The van der Waals surface area contributed by atoms with Crippen LogP contribution in [0.3, 0.4) is 0 Å². The van der Waals surface area contributed by atoms with Crippen LogP contribution < -0.4 is 5.32 Å². The molecule has 0 aromatic heterocycles. The Hall–Kier alpha value is -0.910. The van der Waals surface area contributed by atoms with Gasteiger partial charge >= 0.3 is 0 Å². The van der Waals surface area contributed by atoms with Gasteiger partial charge in [-0.2, -0.15) is 0 Å². The second kappa shape index (κ2) is 4.95. The first-order valence-electron chi connectivity index (χ1n) is 4.91. The highest BCUT2D eigenvalue weighted by molar-refractivity contribution is 14.1. The van der Waals surface area contributed by atoms with Crippen molar-refractivity contribution in [1.29, 1.82) is 0 Å². The summed E-state index contributed by atoms with van der Waals surface area (Å²) in [5.41, 5.74) is 0.600. The molecule has 0 unspecified atom stereocenters.